The molecule has 0 N–H and O–H groups in total. The van der Waals surface area contributed by atoms with Gasteiger partial charge in [0.05, 0.1) is 0 Å². The summed E-state index contributed by atoms with van der Waals surface area (Å²) in [4.78, 5) is 14.7. The van der Waals surface area contributed by atoms with Crippen molar-refractivity contribution in [2.45, 2.75) is 0 Å². The molecule has 1 rings (SSSR count). The van der Waals surface area contributed by atoms with E-state index < -0.39 is 0 Å². The van der Waals surface area contributed by atoms with Gasteiger partial charge in [-0.15, -0.1) is 0 Å². The Bertz CT molecular complexity index is 309. The van der Waals surface area contributed by atoms with Crippen LogP contribution in [0.2, 0.25) is 0 Å². The fraction of sp³-hybridized carbons (Fsp3) is 0.200. The maximum atomic E-state index is 11.0. The SMILES string of the molecule is Cn1ccc(N(P)P)nc1=O. The van der Waals surface area contributed by atoms with E-state index in [2.05, 4.69) is 23.8 Å². The molecule has 4 nitrogen and oxygen atoms in total. The summed E-state index contributed by atoms with van der Waals surface area (Å²) in [7, 11) is 6.45. The topological polar surface area (TPSA) is 38.1 Å². The van der Waals surface area contributed by atoms with E-state index >= 15 is 0 Å². The smallest absolute Gasteiger partial charge is 0.326 e. The number of aryl methyl sites for hydroxylation is 1. The van der Waals surface area contributed by atoms with E-state index in [1.54, 1.807) is 23.8 Å². The lowest BCUT2D eigenvalue weighted by atomic mass is 10.6. The third kappa shape index (κ3) is 1.98. The van der Waals surface area contributed by atoms with Crippen molar-refractivity contribution in [1.82, 2.24) is 9.55 Å². The van der Waals surface area contributed by atoms with Gasteiger partial charge in [-0.3, -0.25) is 0 Å². The van der Waals surface area contributed by atoms with Crippen molar-refractivity contribution in [1.29, 1.82) is 0 Å². The maximum Gasteiger partial charge on any atom is 0.349 e. The normalized spacial score (nSPS) is 9.73. The highest BCUT2D eigenvalue weighted by Gasteiger charge is 1.97. The molecule has 0 radical (unpaired) electrons. The molecule has 1 aromatic rings. The molecule has 1 aromatic heterocycles. The summed E-state index contributed by atoms with van der Waals surface area (Å²) in [5.74, 6) is 0.614. The molecule has 0 bridgehead atoms. The molecule has 0 aliphatic rings. The lowest BCUT2D eigenvalue weighted by Gasteiger charge is -2.09. The van der Waals surface area contributed by atoms with Crippen LogP contribution in [0.4, 0.5) is 5.82 Å². The molecule has 0 saturated carbocycles. The first-order valence-corrected chi connectivity index (χ1v) is 3.98. The molecule has 11 heavy (non-hydrogen) atoms. The van der Waals surface area contributed by atoms with Crippen LogP contribution in [-0.4, -0.2) is 9.55 Å². The summed E-state index contributed by atoms with van der Waals surface area (Å²) in [5.41, 5.74) is -0.252. The number of hydrogen-bond acceptors (Lipinski definition) is 3. The lowest BCUT2D eigenvalue weighted by Crippen LogP contribution is -2.20. The van der Waals surface area contributed by atoms with Gasteiger partial charge < -0.3 is 9.01 Å². The largest absolute Gasteiger partial charge is 0.349 e. The maximum absolute atomic E-state index is 11.0. The van der Waals surface area contributed by atoms with Gasteiger partial charge in [0.2, 0.25) is 0 Å². The third-order valence-corrected chi connectivity index (χ3v) is 1.75. The van der Waals surface area contributed by atoms with Gasteiger partial charge in [-0.25, -0.2) is 4.79 Å². The Morgan fingerprint density at radius 2 is 2.27 bits per heavy atom. The van der Waals surface area contributed by atoms with Crippen LogP contribution in [0.25, 0.3) is 0 Å². The number of nitrogens with zero attached hydrogens (tertiary/aromatic N) is 3. The van der Waals surface area contributed by atoms with Gasteiger partial charge in [0, 0.05) is 13.2 Å². The first-order valence-electron chi connectivity index (χ1n) is 2.94. The second-order valence-electron chi connectivity index (χ2n) is 2.09. The van der Waals surface area contributed by atoms with Crippen LogP contribution in [0.15, 0.2) is 17.1 Å². The minimum absolute atomic E-state index is 0.252. The second kappa shape index (κ2) is 3.29. The molecule has 0 spiro atoms. The zero-order chi connectivity index (χ0) is 8.43. The standard InChI is InChI=1S/C5H9N3OP2/c1-7-3-2-4(8(10)11)6-5(7)9/h2-3H,10-11H2,1H3. The zero-order valence-corrected chi connectivity index (χ0v) is 8.37. The van der Waals surface area contributed by atoms with Crippen LogP contribution in [0.5, 0.6) is 0 Å². The van der Waals surface area contributed by atoms with Crippen molar-refractivity contribution in [3.63, 3.8) is 0 Å². The van der Waals surface area contributed by atoms with E-state index in [0.29, 0.717) is 5.82 Å². The fourth-order valence-electron chi connectivity index (χ4n) is 0.600. The summed E-state index contributed by atoms with van der Waals surface area (Å²) in [6.45, 7) is 0. The Labute approximate surface area is 69.1 Å². The summed E-state index contributed by atoms with van der Waals surface area (Å²) < 4.78 is 3.05. The predicted molar refractivity (Wildman–Crippen MR) is 51.4 cm³/mol. The second-order valence-corrected chi connectivity index (χ2v) is 3.80. The minimum Gasteiger partial charge on any atom is -0.326 e. The first-order chi connectivity index (χ1) is 5.11. The molecule has 60 valence electrons. The molecule has 2 atom stereocenters. The highest BCUT2D eigenvalue weighted by atomic mass is 31.1. The van der Waals surface area contributed by atoms with Crippen LogP contribution in [0, 0.1) is 0 Å². The molecule has 0 aliphatic heterocycles. The number of rotatable bonds is 1. The lowest BCUT2D eigenvalue weighted by molar-refractivity contribution is 0.812. The van der Waals surface area contributed by atoms with Gasteiger partial charge in [-0.2, -0.15) is 4.98 Å². The van der Waals surface area contributed by atoms with Crippen LogP contribution in [0.1, 0.15) is 0 Å². The Hall–Kier alpha value is -0.460. The van der Waals surface area contributed by atoms with E-state index in [-0.39, 0.29) is 5.69 Å². The van der Waals surface area contributed by atoms with Crippen LogP contribution in [-0.2, 0) is 7.05 Å². The van der Waals surface area contributed by atoms with Crippen LogP contribution >= 0.6 is 18.8 Å². The van der Waals surface area contributed by atoms with Crippen molar-refractivity contribution >= 4 is 24.6 Å². The first kappa shape index (κ1) is 8.63. The molecule has 0 aliphatic carbocycles. The highest BCUT2D eigenvalue weighted by molar-refractivity contribution is 7.39. The Balaban J connectivity index is 3.16. The molecular weight excluding hydrogens is 180 g/mol. The number of hydrogen-bond donors (Lipinski definition) is 0. The zero-order valence-electron chi connectivity index (χ0n) is 6.06. The van der Waals surface area contributed by atoms with E-state index in [0.717, 1.165) is 0 Å². The monoisotopic (exact) mass is 189 g/mol. The van der Waals surface area contributed by atoms with Crippen LogP contribution < -0.4 is 10.1 Å². The summed E-state index contributed by atoms with van der Waals surface area (Å²) >= 11 is 0. The highest BCUT2D eigenvalue weighted by Crippen LogP contribution is 2.16. The van der Waals surface area contributed by atoms with Crippen molar-refractivity contribution in [2.75, 3.05) is 4.44 Å². The van der Waals surface area contributed by atoms with E-state index in [1.165, 1.54) is 4.57 Å². The van der Waals surface area contributed by atoms with Crippen LogP contribution in [0.3, 0.4) is 0 Å². The number of aromatic nitrogens is 2. The molecule has 0 fully saturated rings. The van der Waals surface area contributed by atoms with E-state index in [1.807, 2.05) is 0 Å². The average molecular weight is 189 g/mol. The molecule has 0 amide bonds. The van der Waals surface area contributed by atoms with E-state index in [4.69, 9.17) is 0 Å². The van der Waals surface area contributed by atoms with Crippen molar-refractivity contribution < 1.29 is 0 Å². The van der Waals surface area contributed by atoms with Crippen molar-refractivity contribution in [2.24, 2.45) is 7.05 Å². The fourth-order valence-corrected chi connectivity index (χ4v) is 0.888. The van der Waals surface area contributed by atoms with E-state index in [9.17, 15) is 4.79 Å². The third-order valence-electron chi connectivity index (χ3n) is 1.22. The summed E-state index contributed by atoms with van der Waals surface area (Å²) in [5, 5.41) is 0. The molecule has 1 heterocycles. The summed E-state index contributed by atoms with van der Waals surface area (Å²) in [6.07, 6.45) is 1.67. The van der Waals surface area contributed by atoms with Gasteiger partial charge >= 0.3 is 5.69 Å². The summed E-state index contributed by atoms with van der Waals surface area (Å²) in [6, 6.07) is 1.75. The molecule has 6 heteroatoms. The van der Waals surface area contributed by atoms with Crippen molar-refractivity contribution in [3.8, 4) is 0 Å². The molecule has 2 unspecified atom stereocenters. The van der Waals surface area contributed by atoms with Gasteiger partial charge in [0.25, 0.3) is 0 Å². The van der Waals surface area contributed by atoms with Gasteiger partial charge in [-0.05, 0) is 24.8 Å². The van der Waals surface area contributed by atoms with Crippen molar-refractivity contribution in [3.05, 3.63) is 22.7 Å². The quantitative estimate of drug-likeness (QED) is 0.591. The Morgan fingerprint density at radius 3 is 2.73 bits per heavy atom. The molecule has 0 saturated heterocycles. The average Bonchev–Trinajstić information content (AvgIpc) is 1.94. The van der Waals surface area contributed by atoms with Gasteiger partial charge in [0.15, 0.2) is 0 Å². The Morgan fingerprint density at radius 1 is 1.64 bits per heavy atom. The van der Waals surface area contributed by atoms with Gasteiger partial charge in [-0.1, -0.05) is 0 Å². The minimum atomic E-state index is -0.252. The molecule has 0 aromatic carbocycles. The Kier molecular flexibility index (Phi) is 2.58. The molecular formula is C5H9N3OP2. The number of anilines is 1. The predicted octanol–water partition coefficient (Wildman–Crippen LogP) is 0.167. The van der Waals surface area contributed by atoms with Gasteiger partial charge in [0.1, 0.15) is 5.82 Å².